The molecule has 0 fully saturated rings. The first-order valence-electron chi connectivity index (χ1n) is 12.2. The predicted octanol–water partition coefficient (Wildman–Crippen LogP) is 6.67. The highest BCUT2D eigenvalue weighted by molar-refractivity contribution is 5.87. The second-order valence-electron chi connectivity index (χ2n) is 8.01. The number of fused-ring (bicyclic) bond motifs is 1. The molecular formula is C28H23F6N3O4. The molecule has 0 N–H and O–H groups in total. The van der Waals surface area contributed by atoms with Crippen molar-refractivity contribution in [3.63, 3.8) is 0 Å². The van der Waals surface area contributed by atoms with E-state index in [1.165, 1.54) is 16.7 Å². The molecule has 216 valence electrons. The molecule has 0 saturated carbocycles. The molecule has 4 rings (SSSR count). The van der Waals surface area contributed by atoms with Gasteiger partial charge in [-0.1, -0.05) is 13.8 Å². The Morgan fingerprint density at radius 2 is 1.71 bits per heavy atom. The Morgan fingerprint density at radius 3 is 2.34 bits per heavy atom. The van der Waals surface area contributed by atoms with Gasteiger partial charge in [0.05, 0.1) is 30.4 Å². The topological polar surface area (TPSA) is 83.3 Å². The van der Waals surface area contributed by atoms with E-state index in [-0.39, 0.29) is 28.8 Å². The molecule has 0 unspecified atom stereocenters. The molecule has 0 spiro atoms. The van der Waals surface area contributed by atoms with Gasteiger partial charge in [0.2, 0.25) is 5.88 Å². The summed E-state index contributed by atoms with van der Waals surface area (Å²) in [6.07, 6.45) is -0.765. The molecular weight excluding hydrogens is 556 g/mol. The predicted molar refractivity (Wildman–Crippen MR) is 138 cm³/mol. The maximum Gasteiger partial charge on any atom is 0.421 e. The highest BCUT2D eigenvalue weighted by atomic mass is 19.4. The minimum atomic E-state index is -4.88. The lowest BCUT2D eigenvalue weighted by atomic mass is 10.1. The maximum absolute atomic E-state index is 14.1. The van der Waals surface area contributed by atoms with Crippen molar-refractivity contribution in [1.29, 1.82) is 0 Å². The van der Waals surface area contributed by atoms with Crippen LogP contribution >= 0.6 is 0 Å². The normalized spacial score (nSPS) is 11.3. The molecule has 4 aromatic rings. The van der Waals surface area contributed by atoms with Crippen molar-refractivity contribution in [3.05, 3.63) is 99.5 Å². The highest BCUT2D eigenvalue weighted by Gasteiger charge is 2.36. The van der Waals surface area contributed by atoms with Gasteiger partial charge in [-0.2, -0.15) is 18.2 Å². The number of hydrogen-bond donors (Lipinski definition) is 0. The molecule has 0 saturated heterocycles. The van der Waals surface area contributed by atoms with E-state index in [9.17, 15) is 35.9 Å². The molecule has 0 bridgehead atoms. The van der Waals surface area contributed by atoms with Crippen LogP contribution in [0.15, 0.2) is 59.8 Å². The molecule has 0 radical (unpaired) electrons. The number of carbonyl (C=O) groups is 1. The second-order valence-corrected chi connectivity index (χ2v) is 8.01. The van der Waals surface area contributed by atoms with Crippen LogP contribution in [0.1, 0.15) is 37.5 Å². The lowest BCUT2D eigenvalue weighted by molar-refractivity contribution is -0.139. The van der Waals surface area contributed by atoms with Gasteiger partial charge in [0.25, 0.3) is 5.56 Å². The number of esters is 1. The summed E-state index contributed by atoms with van der Waals surface area (Å²) in [5, 5.41) is -0.125. The third-order valence-corrected chi connectivity index (χ3v) is 5.35. The average molecular weight is 579 g/mol. The summed E-state index contributed by atoms with van der Waals surface area (Å²) in [6, 6.07) is 5.36. The molecule has 41 heavy (non-hydrogen) atoms. The first kappa shape index (κ1) is 30.9. The molecule has 0 aliphatic heterocycles. The summed E-state index contributed by atoms with van der Waals surface area (Å²) in [6.45, 7) is 5.21. The van der Waals surface area contributed by atoms with Crippen molar-refractivity contribution < 1.29 is 40.6 Å². The number of hydrogen-bond acceptors (Lipinski definition) is 6. The summed E-state index contributed by atoms with van der Waals surface area (Å²) < 4.78 is 94.0. The molecule has 7 nitrogen and oxygen atoms in total. The van der Waals surface area contributed by atoms with Crippen LogP contribution in [0.2, 0.25) is 0 Å². The fourth-order valence-electron chi connectivity index (χ4n) is 3.58. The summed E-state index contributed by atoms with van der Waals surface area (Å²) >= 11 is 0. The molecule has 0 atom stereocenters. The summed E-state index contributed by atoms with van der Waals surface area (Å²) in [4.78, 5) is 31.2. The van der Waals surface area contributed by atoms with Crippen LogP contribution < -0.4 is 10.3 Å². The van der Waals surface area contributed by atoms with Gasteiger partial charge in [-0.25, -0.2) is 22.9 Å². The van der Waals surface area contributed by atoms with E-state index in [1.54, 1.807) is 6.92 Å². The van der Waals surface area contributed by atoms with Gasteiger partial charge in [0.15, 0.2) is 0 Å². The van der Waals surface area contributed by atoms with Gasteiger partial charge in [-0.15, -0.1) is 0 Å². The van der Waals surface area contributed by atoms with Crippen LogP contribution in [0, 0.1) is 17.5 Å². The van der Waals surface area contributed by atoms with Gasteiger partial charge in [0.1, 0.15) is 28.8 Å². The number of ether oxygens (including phenoxy) is 2. The third-order valence-electron chi connectivity index (χ3n) is 5.35. The van der Waals surface area contributed by atoms with Gasteiger partial charge in [-0.3, -0.25) is 4.79 Å². The van der Waals surface area contributed by atoms with E-state index in [0.717, 1.165) is 36.8 Å². The van der Waals surface area contributed by atoms with Crippen LogP contribution in [0.3, 0.4) is 0 Å². The largest absolute Gasteiger partial charge is 0.463 e. The van der Waals surface area contributed by atoms with Crippen LogP contribution in [-0.2, 0) is 22.3 Å². The monoisotopic (exact) mass is 579 g/mol. The fraction of sp³-hybridized carbons (Fsp3) is 0.214. The molecule has 2 aromatic carbocycles. The van der Waals surface area contributed by atoms with Crippen molar-refractivity contribution >= 4 is 22.9 Å². The zero-order valence-corrected chi connectivity index (χ0v) is 21.9. The Hall–Kier alpha value is -4.68. The standard InChI is InChI=1S/C26H17F6N3O4.C2H6/c1-2-38-23(36)6-3-14-7-19(26(30,31)32)25(33-11-14)39-16-4-5-22-17(10-16)24(37)34-13-35(22)12-18-20(28)8-15(27)9-21(18)29;1-2/h3-11,13H,2,12H2,1H3;1-2H3/b6-3+;. The van der Waals surface area contributed by atoms with Crippen molar-refractivity contribution in [2.75, 3.05) is 6.61 Å². The lowest BCUT2D eigenvalue weighted by Crippen LogP contribution is -2.14. The summed E-state index contributed by atoms with van der Waals surface area (Å²) in [5.74, 6) is -5.17. The molecule has 0 aliphatic rings. The molecule has 13 heteroatoms. The number of nitrogens with zero attached hydrogens (tertiary/aromatic N) is 3. The minimum Gasteiger partial charge on any atom is -0.463 e. The van der Waals surface area contributed by atoms with Gasteiger partial charge < -0.3 is 14.0 Å². The number of alkyl halides is 3. The van der Waals surface area contributed by atoms with E-state index in [2.05, 4.69) is 14.7 Å². The zero-order chi connectivity index (χ0) is 30.3. The summed E-state index contributed by atoms with van der Waals surface area (Å²) in [7, 11) is 0. The van der Waals surface area contributed by atoms with Gasteiger partial charge >= 0.3 is 12.1 Å². The van der Waals surface area contributed by atoms with E-state index in [4.69, 9.17) is 4.74 Å². The number of halogens is 6. The Labute approximate surface area is 229 Å². The molecule has 0 amide bonds. The first-order chi connectivity index (χ1) is 19.5. The number of pyridine rings is 1. The summed E-state index contributed by atoms with van der Waals surface area (Å²) in [5.41, 5.74) is -2.43. The quantitative estimate of drug-likeness (QED) is 0.138. The fourth-order valence-corrected chi connectivity index (χ4v) is 3.58. The second kappa shape index (κ2) is 13.1. The Morgan fingerprint density at radius 1 is 1.02 bits per heavy atom. The van der Waals surface area contributed by atoms with Crippen molar-refractivity contribution in [3.8, 4) is 11.6 Å². The van der Waals surface area contributed by atoms with Crippen LogP contribution in [0.5, 0.6) is 11.6 Å². The van der Waals surface area contributed by atoms with Gasteiger partial charge in [-0.05, 0) is 42.8 Å². The smallest absolute Gasteiger partial charge is 0.421 e. The average Bonchev–Trinajstić information content (AvgIpc) is 2.92. The van der Waals surface area contributed by atoms with Gasteiger partial charge in [0, 0.05) is 30.0 Å². The lowest BCUT2D eigenvalue weighted by Gasteiger charge is -2.15. The Balaban J connectivity index is 0.00000226. The molecule has 0 aliphatic carbocycles. The van der Waals surface area contributed by atoms with Crippen molar-refractivity contribution in [2.45, 2.75) is 33.5 Å². The van der Waals surface area contributed by atoms with Crippen LogP contribution in [0.25, 0.3) is 17.0 Å². The first-order valence-corrected chi connectivity index (χ1v) is 12.2. The molecule has 2 heterocycles. The molecule has 2 aromatic heterocycles. The van der Waals surface area contributed by atoms with Crippen LogP contribution in [-0.4, -0.2) is 27.1 Å². The van der Waals surface area contributed by atoms with Crippen LogP contribution in [0.4, 0.5) is 26.3 Å². The Bertz CT molecular complexity index is 1630. The van der Waals surface area contributed by atoms with E-state index < -0.39 is 58.7 Å². The third kappa shape index (κ3) is 7.50. The van der Waals surface area contributed by atoms with E-state index in [1.807, 2.05) is 13.8 Å². The SMILES string of the molecule is CC.CCOC(=O)/C=C/c1cnc(Oc2ccc3c(c2)c(=O)ncn3Cc2c(F)cc(F)cc2F)c(C(F)(F)F)c1. The van der Waals surface area contributed by atoms with E-state index in [0.29, 0.717) is 12.1 Å². The minimum absolute atomic E-state index is 0.0476. The Kier molecular flexibility index (Phi) is 9.87. The number of carbonyl (C=O) groups excluding carboxylic acids is 1. The van der Waals surface area contributed by atoms with E-state index >= 15 is 0 Å². The highest BCUT2D eigenvalue weighted by Crippen LogP contribution is 2.38. The number of rotatable bonds is 7. The zero-order valence-electron chi connectivity index (χ0n) is 21.9. The van der Waals surface area contributed by atoms with Crippen molar-refractivity contribution in [1.82, 2.24) is 14.5 Å². The maximum atomic E-state index is 14.1. The number of benzene rings is 2. The number of aromatic nitrogens is 3. The van der Waals surface area contributed by atoms with Crippen molar-refractivity contribution in [2.24, 2.45) is 0 Å².